The predicted molar refractivity (Wildman–Crippen MR) is 56.8 cm³/mol. The maximum atomic E-state index is 2.60. The zero-order chi connectivity index (χ0) is 9.69. The van der Waals surface area contributed by atoms with Gasteiger partial charge in [0.25, 0.3) is 0 Å². The Bertz CT molecular complexity index is 198. The van der Waals surface area contributed by atoms with Crippen molar-refractivity contribution in [1.29, 1.82) is 0 Å². The number of hydrogen-bond acceptors (Lipinski definition) is 1. The summed E-state index contributed by atoms with van der Waals surface area (Å²) >= 11 is 0. The van der Waals surface area contributed by atoms with E-state index < -0.39 is 0 Å². The van der Waals surface area contributed by atoms with Crippen molar-refractivity contribution in [3.8, 4) is 0 Å². The second-order valence-electron chi connectivity index (χ2n) is 6.37. The number of hydrogen-bond donors (Lipinski definition) is 0. The van der Waals surface area contributed by atoms with E-state index in [9.17, 15) is 0 Å². The average molecular weight is 181 g/mol. The number of likely N-dealkylation sites (tertiary alicyclic amines) is 1. The standard InChI is InChI=1S/C12H23N/c1-11(2,3)9-10-12(5-6-12)7-8-13(10)4/h10H,5-9H2,1-4H3/t10-/m0/s1. The SMILES string of the molecule is CN1CCC2(CC2)[C@@H]1CC(C)(C)C. The van der Waals surface area contributed by atoms with Crippen LogP contribution in [0.2, 0.25) is 0 Å². The topological polar surface area (TPSA) is 3.24 Å². The summed E-state index contributed by atoms with van der Waals surface area (Å²) in [6.45, 7) is 8.44. The number of rotatable bonds is 1. The Morgan fingerprint density at radius 1 is 1.23 bits per heavy atom. The molecule has 1 heterocycles. The molecule has 0 bridgehead atoms. The lowest BCUT2D eigenvalue weighted by molar-refractivity contribution is 0.183. The molecule has 0 N–H and O–H groups in total. The van der Waals surface area contributed by atoms with Gasteiger partial charge in [-0.25, -0.2) is 0 Å². The van der Waals surface area contributed by atoms with E-state index in [1.807, 2.05) is 0 Å². The van der Waals surface area contributed by atoms with Crippen LogP contribution in [0, 0.1) is 10.8 Å². The van der Waals surface area contributed by atoms with Crippen molar-refractivity contribution in [3.63, 3.8) is 0 Å². The third-order valence-electron chi connectivity index (χ3n) is 3.90. The summed E-state index contributed by atoms with van der Waals surface area (Å²) in [4.78, 5) is 2.60. The molecule has 1 saturated heterocycles. The highest BCUT2D eigenvalue weighted by Gasteiger charge is 2.54. The maximum absolute atomic E-state index is 2.60. The van der Waals surface area contributed by atoms with Gasteiger partial charge in [-0.15, -0.1) is 0 Å². The summed E-state index contributed by atoms with van der Waals surface area (Å²) in [7, 11) is 2.31. The molecule has 0 radical (unpaired) electrons. The van der Waals surface area contributed by atoms with Crippen LogP contribution in [0.4, 0.5) is 0 Å². The quantitative estimate of drug-likeness (QED) is 0.601. The minimum Gasteiger partial charge on any atom is -0.303 e. The van der Waals surface area contributed by atoms with Gasteiger partial charge in [0.2, 0.25) is 0 Å². The molecule has 1 aliphatic heterocycles. The van der Waals surface area contributed by atoms with E-state index >= 15 is 0 Å². The van der Waals surface area contributed by atoms with Crippen molar-refractivity contribution in [2.75, 3.05) is 13.6 Å². The molecule has 76 valence electrons. The Kier molecular flexibility index (Phi) is 1.99. The molecule has 1 aliphatic carbocycles. The lowest BCUT2D eigenvalue weighted by atomic mass is 9.82. The zero-order valence-corrected chi connectivity index (χ0v) is 9.56. The fourth-order valence-electron chi connectivity index (χ4n) is 2.89. The van der Waals surface area contributed by atoms with Crippen LogP contribution in [-0.2, 0) is 0 Å². The van der Waals surface area contributed by atoms with Gasteiger partial charge in [-0.05, 0) is 50.1 Å². The van der Waals surface area contributed by atoms with E-state index in [1.165, 1.54) is 32.2 Å². The first-order valence-corrected chi connectivity index (χ1v) is 5.63. The third kappa shape index (κ3) is 1.76. The smallest absolute Gasteiger partial charge is 0.0154 e. The summed E-state index contributed by atoms with van der Waals surface area (Å²) in [5.41, 5.74) is 1.26. The van der Waals surface area contributed by atoms with Crippen LogP contribution in [0.1, 0.15) is 46.5 Å². The van der Waals surface area contributed by atoms with Crippen molar-refractivity contribution in [3.05, 3.63) is 0 Å². The highest BCUT2D eigenvalue weighted by molar-refractivity contribution is 5.07. The fraction of sp³-hybridized carbons (Fsp3) is 1.00. The maximum Gasteiger partial charge on any atom is 0.0154 e. The van der Waals surface area contributed by atoms with Gasteiger partial charge in [0.1, 0.15) is 0 Å². The summed E-state index contributed by atoms with van der Waals surface area (Å²) in [6.07, 6.45) is 5.84. The second-order valence-corrected chi connectivity index (χ2v) is 6.37. The molecule has 2 aliphatic rings. The lowest BCUT2D eigenvalue weighted by Crippen LogP contribution is -2.34. The Balaban J connectivity index is 2.04. The lowest BCUT2D eigenvalue weighted by Gasteiger charge is -2.31. The molecule has 1 heteroatoms. The highest BCUT2D eigenvalue weighted by atomic mass is 15.2. The molecule has 13 heavy (non-hydrogen) atoms. The molecular weight excluding hydrogens is 158 g/mol. The summed E-state index contributed by atoms with van der Waals surface area (Å²) in [5.74, 6) is 0. The molecule has 1 atom stereocenters. The van der Waals surface area contributed by atoms with E-state index in [4.69, 9.17) is 0 Å². The minimum atomic E-state index is 0.499. The summed E-state index contributed by atoms with van der Waals surface area (Å²) < 4.78 is 0. The van der Waals surface area contributed by atoms with Gasteiger partial charge in [-0.2, -0.15) is 0 Å². The summed E-state index contributed by atoms with van der Waals surface area (Å²) in [6, 6.07) is 0.882. The third-order valence-corrected chi connectivity index (χ3v) is 3.90. The van der Waals surface area contributed by atoms with Crippen LogP contribution >= 0.6 is 0 Å². The molecule has 0 unspecified atom stereocenters. The first-order chi connectivity index (χ1) is 5.93. The Labute approximate surface area is 82.5 Å². The van der Waals surface area contributed by atoms with Gasteiger partial charge < -0.3 is 4.90 Å². The van der Waals surface area contributed by atoms with Gasteiger partial charge in [0, 0.05) is 6.04 Å². The van der Waals surface area contributed by atoms with E-state index in [2.05, 4.69) is 32.7 Å². The van der Waals surface area contributed by atoms with Crippen LogP contribution < -0.4 is 0 Å². The van der Waals surface area contributed by atoms with Crippen LogP contribution in [0.15, 0.2) is 0 Å². The largest absolute Gasteiger partial charge is 0.303 e. The van der Waals surface area contributed by atoms with Crippen LogP contribution in [-0.4, -0.2) is 24.5 Å². The second kappa shape index (κ2) is 2.73. The number of nitrogens with zero attached hydrogens (tertiary/aromatic N) is 1. The normalized spacial score (nSPS) is 32.8. The van der Waals surface area contributed by atoms with Crippen molar-refractivity contribution in [1.82, 2.24) is 4.90 Å². The average Bonchev–Trinajstić information content (AvgIpc) is 2.69. The molecular formula is C12H23N. The van der Waals surface area contributed by atoms with Gasteiger partial charge in [0.05, 0.1) is 0 Å². The summed E-state index contributed by atoms with van der Waals surface area (Å²) in [5, 5.41) is 0. The van der Waals surface area contributed by atoms with E-state index in [-0.39, 0.29) is 0 Å². The van der Waals surface area contributed by atoms with Gasteiger partial charge in [0.15, 0.2) is 0 Å². The van der Waals surface area contributed by atoms with Crippen molar-refractivity contribution < 1.29 is 0 Å². The predicted octanol–water partition coefficient (Wildman–Crippen LogP) is 2.91. The van der Waals surface area contributed by atoms with E-state index in [0.29, 0.717) is 5.41 Å². The highest BCUT2D eigenvalue weighted by Crippen LogP contribution is 2.58. The van der Waals surface area contributed by atoms with Crippen LogP contribution in [0.5, 0.6) is 0 Å². The Hall–Kier alpha value is -0.0400. The van der Waals surface area contributed by atoms with Crippen LogP contribution in [0.3, 0.4) is 0 Å². The Morgan fingerprint density at radius 2 is 1.85 bits per heavy atom. The van der Waals surface area contributed by atoms with E-state index in [1.54, 1.807) is 0 Å². The van der Waals surface area contributed by atoms with Gasteiger partial charge in [-0.3, -0.25) is 0 Å². The molecule has 0 amide bonds. The Morgan fingerprint density at radius 3 is 2.31 bits per heavy atom. The zero-order valence-electron chi connectivity index (χ0n) is 9.56. The molecule has 1 spiro atoms. The fourth-order valence-corrected chi connectivity index (χ4v) is 2.89. The van der Waals surface area contributed by atoms with Crippen molar-refractivity contribution >= 4 is 0 Å². The van der Waals surface area contributed by atoms with Crippen LogP contribution in [0.25, 0.3) is 0 Å². The molecule has 1 nitrogen and oxygen atoms in total. The van der Waals surface area contributed by atoms with Gasteiger partial charge in [-0.1, -0.05) is 20.8 Å². The molecule has 0 aromatic heterocycles. The first-order valence-electron chi connectivity index (χ1n) is 5.63. The van der Waals surface area contributed by atoms with Crippen molar-refractivity contribution in [2.45, 2.75) is 52.5 Å². The monoisotopic (exact) mass is 181 g/mol. The van der Waals surface area contributed by atoms with Gasteiger partial charge >= 0.3 is 0 Å². The molecule has 0 aromatic rings. The molecule has 1 saturated carbocycles. The van der Waals surface area contributed by atoms with Crippen molar-refractivity contribution in [2.24, 2.45) is 10.8 Å². The van der Waals surface area contributed by atoms with E-state index in [0.717, 1.165) is 11.5 Å². The minimum absolute atomic E-state index is 0.499. The molecule has 2 fully saturated rings. The molecule has 2 rings (SSSR count). The first kappa shape index (κ1) is 9.51. The molecule has 0 aromatic carbocycles.